The fourth-order valence-electron chi connectivity index (χ4n) is 7.50. The molecule has 2 saturated heterocycles. The van der Waals surface area contributed by atoms with Crippen molar-refractivity contribution in [1.29, 1.82) is 0 Å². The first-order chi connectivity index (χ1) is 24.6. The van der Waals surface area contributed by atoms with E-state index in [0.717, 1.165) is 24.0 Å². The molecule has 0 unspecified atom stereocenters. The first kappa shape index (κ1) is 37.6. The Morgan fingerprint density at radius 1 is 0.981 bits per heavy atom. The number of alkyl carbamates (subject to hydrolysis) is 1. The smallest absolute Gasteiger partial charge is 0.410 e. The summed E-state index contributed by atoms with van der Waals surface area (Å²) in [7, 11) is -4.13. The number of allylic oxidation sites excluding steroid dienone is 1. The molecule has 52 heavy (non-hydrogen) atoms. The van der Waals surface area contributed by atoms with Gasteiger partial charge in [-0.2, -0.15) is 12.7 Å². The van der Waals surface area contributed by atoms with Gasteiger partial charge in [-0.25, -0.2) is 14.3 Å². The number of amides is 5. The first-order valence-electron chi connectivity index (χ1n) is 18.3. The SMILES string of the molecule is CC(C)(C)OC(=O)N[C@H]1CCCCC/C=C\[C@@H]2C[C@@]2(C(=O)NS(=O)(=O)N2CCCC2)NC(=O)[C@@H]2C[C@@H](OC(=O)N3Cc4ccccc4C3)CN2C1=O. The van der Waals surface area contributed by atoms with Gasteiger partial charge in [0, 0.05) is 38.5 Å². The Morgan fingerprint density at radius 2 is 1.67 bits per heavy atom. The van der Waals surface area contributed by atoms with Crippen LogP contribution < -0.4 is 15.4 Å². The van der Waals surface area contributed by atoms with Crippen molar-refractivity contribution in [3.05, 3.63) is 47.5 Å². The molecule has 4 heterocycles. The zero-order valence-electron chi connectivity index (χ0n) is 30.1. The molecular formula is C36H50N6O9S. The van der Waals surface area contributed by atoms with Crippen LogP contribution in [0.1, 0.15) is 89.7 Å². The second kappa shape index (κ2) is 15.0. The average molecular weight is 743 g/mol. The summed E-state index contributed by atoms with van der Waals surface area (Å²) in [6.45, 7) is 6.34. The summed E-state index contributed by atoms with van der Waals surface area (Å²) in [5, 5.41) is 5.53. The number of hydrogen-bond acceptors (Lipinski definition) is 9. The lowest BCUT2D eigenvalue weighted by Gasteiger charge is -2.30. The van der Waals surface area contributed by atoms with E-state index in [1.165, 1.54) is 9.21 Å². The van der Waals surface area contributed by atoms with Gasteiger partial charge >= 0.3 is 22.4 Å². The maximum Gasteiger partial charge on any atom is 0.410 e. The van der Waals surface area contributed by atoms with Gasteiger partial charge in [-0.05, 0) is 70.4 Å². The molecule has 1 saturated carbocycles. The topological polar surface area (TPSA) is 184 Å². The average Bonchev–Trinajstić information content (AvgIpc) is 3.53. The molecule has 0 bridgehead atoms. The molecule has 0 spiro atoms. The molecular weight excluding hydrogens is 692 g/mol. The molecule has 16 heteroatoms. The van der Waals surface area contributed by atoms with Crippen LogP contribution in [0.3, 0.4) is 0 Å². The van der Waals surface area contributed by atoms with E-state index in [2.05, 4.69) is 15.4 Å². The summed E-state index contributed by atoms with van der Waals surface area (Å²) in [5.74, 6) is -2.54. The highest BCUT2D eigenvalue weighted by atomic mass is 32.2. The van der Waals surface area contributed by atoms with Gasteiger partial charge in [0.05, 0.1) is 6.54 Å². The Kier molecular flexibility index (Phi) is 10.9. The van der Waals surface area contributed by atoms with Crippen LogP contribution in [0.5, 0.6) is 0 Å². The van der Waals surface area contributed by atoms with Crippen LogP contribution in [-0.4, -0.2) is 101 Å². The van der Waals surface area contributed by atoms with Gasteiger partial charge in [0.25, 0.3) is 5.91 Å². The molecule has 284 valence electrons. The fourth-order valence-corrected chi connectivity index (χ4v) is 8.78. The number of rotatable bonds is 5. The van der Waals surface area contributed by atoms with Gasteiger partial charge < -0.3 is 25.0 Å². The van der Waals surface area contributed by atoms with Crippen molar-refractivity contribution in [2.45, 2.75) is 121 Å². The zero-order valence-corrected chi connectivity index (χ0v) is 30.9. The fraction of sp³-hybridized carbons (Fsp3) is 0.639. The van der Waals surface area contributed by atoms with Crippen LogP contribution in [-0.2, 0) is 47.2 Å². The summed E-state index contributed by atoms with van der Waals surface area (Å²) in [6, 6.07) is 5.47. The van der Waals surface area contributed by atoms with Crippen LogP contribution in [0.25, 0.3) is 0 Å². The molecule has 3 fully saturated rings. The van der Waals surface area contributed by atoms with Gasteiger partial charge in [-0.15, -0.1) is 0 Å². The minimum atomic E-state index is -4.13. The van der Waals surface area contributed by atoms with E-state index in [1.807, 2.05) is 36.4 Å². The molecule has 5 amide bonds. The molecule has 3 N–H and O–H groups in total. The minimum absolute atomic E-state index is 0.0620. The Hall–Kier alpha value is -4.18. The Labute approximate surface area is 305 Å². The first-order valence-corrected chi connectivity index (χ1v) is 19.7. The number of carbonyl (C=O) groups excluding carboxylic acids is 5. The number of fused-ring (bicyclic) bond motifs is 3. The standard InChI is InChI=1S/C36H50N6O9S/c1-35(2,3)51-33(46)37-28-16-8-6-4-5-7-15-26-20-36(26,32(45)39-52(48,49)41-17-11-12-18-41)38-30(43)29-19-27(23-42(29)31(28)44)50-34(47)40-21-24-13-9-10-14-25(24)22-40/h7,9-10,13-15,26-29H,4-6,8,11-12,16-23H2,1-3H3,(H,37,46)(H,38,43)(H,39,45)/b15-7-/t26-,27-,28+,29+,36-/m1/s1. The second-order valence-electron chi connectivity index (χ2n) is 15.5. The number of nitrogens with one attached hydrogen (secondary N) is 3. The van der Waals surface area contributed by atoms with Crippen molar-refractivity contribution in [3.8, 4) is 0 Å². The number of hydrogen-bond donors (Lipinski definition) is 3. The van der Waals surface area contributed by atoms with Crippen molar-refractivity contribution >= 4 is 40.1 Å². The third kappa shape index (κ3) is 8.54. The number of nitrogens with zero attached hydrogens (tertiary/aromatic N) is 3. The number of benzene rings is 1. The van der Waals surface area contributed by atoms with Crippen LogP contribution in [0.2, 0.25) is 0 Å². The maximum atomic E-state index is 14.3. The van der Waals surface area contributed by atoms with Gasteiger partial charge in [-0.1, -0.05) is 49.3 Å². The highest BCUT2D eigenvalue weighted by molar-refractivity contribution is 7.87. The monoisotopic (exact) mass is 742 g/mol. The molecule has 1 aromatic rings. The van der Waals surface area contributed by atoms with E-state index in [9.17, 15) is 32.4 Å². The van der Waals surface area contributed by atoms with E-state index in [1.54, 1.807) is 25.7 Å². The second-order valence-corrected chi connectivity index (χ2v) is 17.1. The highest BCUT2D eigenvalue weighted by Crippen LogP contribution is 2.46. The maximum absolute atomic E-state index is 14.3. The van der Waals surface area contributed by atoms with Crippen LogP contribution >= 0.6 is 0 Å². The largest absolute Gasteiger partial charge is 0.444 e. The van der Waals surface area contributed by atoms with Crippen molar-refractivity contribution in [1.82, 2.24) is 29.5 Å². The predicted molar refractivity (Wildman–Crippen MR) is 188 cm³/mol. The number of ether oxygens (including phenoxy) is 2. The van der Waals surface area contributed by atoms with E-state index in [4.69, 9.17) is 9.47 Å². The molecule has 6 rings (SSSR count). The van der Waals surface area contributed by atoms with E-state index in [-0.39, 0.29) is 25.8 Å². The van der Waals surface area contributed by atoms with Crippen LogP contribution in [0.4, 0.5) is 9.59 Å². The Balaban J connectivity index is 1.25. The molecule has 1 aliphatic carbocycles. The van der Waals surface area contributed by atoms with Crippen molar-refractivity contribution in [2.75, 3.05) is 19.6 Å². The normalized spacial score (nSPS) is 29.1. The Bertz CT molecular complexity index is 1680. The van der Waals surface area contributed by atoms with Crippen LogP contribution in [0, 0.1) is 5.92 Å². The summed E-state index contributed by atoms with van der Waals surface area (Å²) in [6.07, 6.45) is 6.10. The molecule has 5 atom stereocenters. The van der Waals surface area contributed by atoms with Gasteiger partial charge in [0.15, 0.2) is 0 Å². The lowest BCUT2D eigenvalue weighted by Crippen LogP contribution is -2.59. The van der Waals surface area contributed by atoms with Crippen molar-refractivity contribution < 1.29 is 41.9 Å². The molecule has 0 radical (unpaired) electrons. The lowest BCUT2D eigenvalue weighted by atomic mass is 10.0. The summed E-state index contributed by atoms with van der Waals surface area (Å²) in [4.78, 5) is 71.5. The van der Waals surface area contributed by atoms with Gasteiger partial charge in [0.2, 0.25) is 11.8 Å². The van der Waals surface area contributed by atoms with Crippen LogP contribution in [0.15, 0.2) is 36.4 Å². The molecule has 0 aromatic heterocycles. The van der Waals surface area contributed by atoms with Crippen molar-refractivity contribution in [2.24, 2.45) is 5.92 Å². The van der Waals surface area contributed by atoms with Gasteiger partial charge in [-0.3, -0.25) is 19.3 Å². The van der Waals surface area contributed by atoms with Gasteiger partial charge in [0.1, 0.15) is 29.3 Å². The summed E-state index contributed by atoms with van der Waals surface area (Å²) in [5.41, 5.74) is -0.360. The lowest BCUT2D eigenvalue weighted by molar-refractivity contribution is -0.141. The van der Waals surface area contributed by atoms with Crippen molar-refractivity contribution in [3.63, 3.8) is 0 Å². The highest BCUT2D eigenvalue weighted by Gasteiger charge is 2.62. The number of carbonyl (C=O) groups is 5. The van der Waals surface area contributed by atoms with E-state index >= 15 is 0 Å². The Morgan fingerprint density at radius 3 is 2.35 bits per heavy atom. The summed E-state index contributed by atoms with van der Waals surface area (Å²) >= 11 is 0. The molecule has 4 aliphatic heterocycles. The summed E-state index contributed by atoms with van der Waals surface area (Å²) < 4.78 is 41.0. The molecule has 5 aliphatic rings. The zero-order chi connectivity index (χ0) is 37.3. The quantitative estimate of drug-likeness (QED) is 0.382. The molecule has 15 nitrogen and oxygen atoms in total. The minimum Gasteiger partial charge on any atom is -0.444 e. The third-order valence-corrected chi connectivity index (χ3v) is 11.8. The van der Waals surface area contributed by atoms with E-state index in [0.29, 0.717) is 51.9 Å². The third-order valence-electron chi connectivity index (χ3n) is 10.3. The molecule has 1 aromatic carbocycles. The van der Waals surface area contributed by atoms with E-state index < -0.39 is 75.4 Å². The predicted octanol–water partition coefficient (Wildman–Crippen LogP) is 2.85.